The lowest BCUT2D eigenvalue weighted by atomic mass is 9.77. The number of hydrogen-bond donors (Lipinski definition) is 0. The van der Waals surface area contributed by atoms with Gasteiger partial charge in [0.2, 0.25) is 0 Å². The standard InChI is InChI=1S/C19H29ClO/c1-3-4-6-15-9-11-17(12-10-15)19(20)14-16-7-5-8-18(13-16)21-2/h5,7-8,13,15,17,19H,3-4,6,9-12,14H2,1-2H3. The molecular formula is C19H29ClO. The molecular weight excluding hydrogens is 280 g/mol. The maximum atomic E-state index is 6.70. The van der Waals surface area contributed by atoms with E-state index in [9.17, 15) is 0 Å². The molecule has 0 heterocycles. The maximum Gasteiger partial charge on any atom is 0.119 e. The zero-order valence-electron chi connectivity index (χ0n) is 13.5. The first-order valence-corrected chi connectivity index (χ1v) is 8.93. The number of benzene rings is 1. The van der Waals surface area contributed by atoms with Crippen molar-refractivity contribution in [3.8, 4) is 5.75 Å². The molecule has 0 bridgehead atoms. The molecule has 1 aromatic rings. The minimum atomic E-state index is 0.268. The van der Waals surface area contributed by atoms with Crippen molar-refractivity contribution in [2.75, 3.05) is 7.11 Å². The predicted molar refractivity (Wildman–Crippen MR) is 91.3 cm³/mol. The highest BCUT2D eigenvalue weighted by molar-refractivity contribution is 6.20. The smallest absolute Gasteiger partial charge is 0.119 e. The average Bonchev–Trinajstić information content (AvgIpc) is 2.53. The van der Waals surface area contributed by atoms with Crippen LogP contribution in [0.4, 0.5) is 0 Å². The maximum absolute atomic E-state index is 6.70. The molecule has 2 heteroatoms. The van der Waals surface area contributed by atoms with Crippen molar-refractivity contribution in [1.82, 2.24) is 0 Å². The van der Waals surface area contributed by atoms with E-state index in [0.717, 1.165) is 18.1 Å². The first kappa shape index (κ1) is 16.7. The van der Waals surface area contributed by atoms with Crippen LogP contribution in [0.1, 0.15) is 57.4 Å². The Balaban J connectivity index is 1.80. The van der Waals surface area contributed by atoms with E-state index in [1.54, 1.807) is 7.11 Å². The average molecular weight is 309 g/mol. The monoisotopic (exact) mass is 308 g/mol. The molecule has 1 atom stereocenters. The quantitative estimate of drug-likeness (QED) is 0.575. The summed E-state index contributed by atoms with van der Waals surface area (Å²) in [5, 5.41) is 0.268. The van der Waals surface area contributed by atoms with Gasteiger partial charge < -0.3 is 4.74 Å². The molecule has 1 nitrogen and oxygen atoms in total. The normalized spacial score (nSPS) is 23.8. The summed E-state index contributed by atoms with van der Waals surface area (Å²) in [7, 11) is 1.72. The van der Waals surface area contributed by atoms with E-state index in [1.807, 2.05) is 6.07 Å². The van der Waals surface area contributed by atoms with Crippen LogP contribution >= 0.6 is 11.6 Å². The summed E-state index contributed by atoms with van der Waals surface area (Å²) in [5.41, 5.74) is 1.29. The van der Waals surface area contributed by atoms with Crippen molar-refractivity contribution in [3.63, 3.8) is 0 Å². The summed E-state index contributed by atoms with van der Waals surface area (Å²) < 4.78 is 5.29. The Kier molecular flexibility index (Phi) is 6.89. The van der Waals surface area contributed by atoms with E-state index >= 15 is 0 Å². The number of alkyl halides is 1. The van der Waals surface area contributed by atoms with E-state index in [2.05, 4.69) is 25.1 Å². The first-order chi connectivity index (χ1) is 10.2. The lowest BCUT2D eigenvalue weighted by Crippen LogP contribution is -2.23. The lowest BCUT2D eigenvalue weighted by molar-refractivity contribution is 0.253. The first-order valence-electron chi connectivity index (χ1n) is 8.50. The number of methoxy groups -OCH3 is 1. The number of hydrogen-bond acceptors (Lipinski definition) is 1. The van der Waals surface area contributed by atoms with Gasteiger partial charge in [0, 0.05) is 5.38 Å². The van der Waals surface area contributed by atoms with Gasteiger partial charge in [0.25, 0.3) is 0 Å². The summed E-state index contributed by atoms with van der Waals surface area (Å²) in [4.78, 5) is 0. The highest BCUT2D eigenvalue weighted by atomic mass is 35.5. The second-order valence-electron chi connectivity index (χ2n) is 6.49. The van der Waals surface area contributed by atoms with Gasteiger partial charge >= 0.3 is 0 Å². The fourth-order valence-corrected chi connectivity index (χ4v) is 3.95. The molecule has 2 rings (SSSR count). The summed E-state index contributed by atoms with van der Waals surface area (Å²) in [6.45, 7) is 2.29. The zero-order valence-corrected chi connectivity index (χ0v) is 14.2. The minimum absolute atomic E-state index is 0.268. The van der Waals surface area contributed by atoms with Gasteiger partial charge in [-0.1, -0.05) is 51.2 Å². The Morgan fingerprint density at radius 2 is 2.00 bits per heavy atom. The van der Waals surface area contributed by atoms with E-state index in [4.69, 9.17) is 16.3 Å². The van der Waals surface area contributed by atoms with Gasteiger partial charge in [0.15, 0.2) is 0 Å². The molecule has 0 spiro atoms. The van der Waals surface area contributed by atoms with E-state index in [-0.39, 0.29) is 5.38 Å². The van der Waals surface area contributed by atoms with Crippen LogP contribution in [0.2, 0.25) is 0 Å². The van der Waals surface area contributed by atoms with Crippen LogP contribution in [0.15, 0.2) is 24.3 Å². The Morgan fingerprint density at radius 3 is 2.67 bits per heavy atom. The van der Waals surface area contributed by atoms with Crippen LogP contribution in [-0.2, 0) is 6.42 Å². The van der Waals surface area contributed by atoms with Crippen LogP contribution in [0.5, 0.6) is 5.75 Å². The van der Waals surface area contributed by atoms with Gasteiger partial charge in [-0.3, -0.25) is 0 Å². The highest BCUT2D eigenvalue weighted by Gasteiger charge is 2.26. The number of rotatable bonds is 7. The number of ether oxygens (including phenoxy) is 1. The van der Waals surface area contributed by atoms with Gasteiger partial charge in [-0.25, -0.2) is 0 Å². The van der Waals surface area contributed by atoms with Crippen molar-refractivity contribution in [2.24, 2.45) is 11.8 Å². The van der Waals surface area contributed by atoms with Gasteiger partial charge in [-0.2, -0.15) is 0 Å². The lowest BCUT2D eigenvalue weighted by Gasteiger charge is -2.31. The van der Waals surface area contributed by atoms with Gasteiger partial charge in [-0.05, 0) is 48.8 Å². The van der Waals surface area contributed by atoms with E-state index < -0.39 is 0 Å². The number of unbranched alkanes of at least 4 members (excludes halogenated alkanes) is 1. The van der Waals surface area contributed by atoms with E-state index in [0.29, 0.717) is 5.92 Å². The fourth-order valence-electron chi connectivity index (χ4n) is 3.52. The minimum Gasteiger partial charge on any atom is -0.497 e. The third kappa shape index (κ3) is 5.21. The van der Waals surface area contributed by atoms with Crippen molar-refractivity contribution in [1.29, 1.82) is 0 Å². The summed E-state index contributed by atoms with van der Waals surface area (Å²) >= 11 is 6.70. The third-order valence-electron chi connectivity index (χ3n) is 4.93. The SMILES string of the molecule is CCCCC1CCC(C(Cl)Cc2cccc(OC)c2)CC1. The Labute approximate surface area is 135 Å². The van der Waals surface area contributed by atoms with Crippen molar-refractivity contribution in [3.05, 3.63) is 29.8 Å². The molecule has 0 amide bonds. The third-order valence-corrected chi connectivity index (χ3v) is 5.44. The predicted octanol–water partition coefficient (Wildman–Crippen LogP) is 5.84. The molecule has 1 aromatic carbocycles. The Hall–Kier alpha value is -0.690. The molecule has 0 N–H and O–H groups in total. The molecule has 1 aliphatic rings. The van der Waals surface area contributed by atoms with Crippen molar-refractivity contribution >= 4 is 11.6 Å². The molecule has 1 unspecified atom stereocenters. The van der Waals surface area contributed by atoms with Crippen LogP contribution in [0.25, 0.3) is 0 Å². The summed E-state index contributed by atoms with van der Waals surface area (Å²) in [6.07, 6.45) is 10.5. The van der Waals surface area contributed by atoms with Gasteiger partial charge in [0.1, 0.15) is 5.75 Å². The van der Waals surface area contributed by atoms with Gasteiger partial charge in [-0.15, -0.1) is 11.6 Å². The molecule has 0 aliphatic heterocycles. The summed E-state index contributed by atoms with van der Waals surface area (Å²) in [6, 6.07) is 8.32. The highest BCUT2D eigenvalue weighted by Crippen LogP contribution is 2.36. The Morgan fingerprint density at radius 1 is 1.24 bits per heavy atom. The van der Waals surface area contributed by atoms with Crippen LogP contribution in [0.3, 0.4) is 0 Å². The molecule has 1 aliphatic carbocycles. The molecule has 1 saturated carbocycles. The topological polar surface area (TPSA) is 9.23 Å². The van der Waals surface area contributed by atoms with Crippen molar-refractivity contribution in [2.45, 2.75) is 63.7 Å². The van der Waals surface area contributed by atoms with Crippen LogP contribution in [0, 0.1) is 11.8 Å². The second kappa shape index (κ2) is 8.68. The molecule has 0 radical (unpaired) electrons. The fraction of sp³-hybridized carbons (Fsp3) is 0.684. The Bertz CT molecular complexity index is 410. The molecule has 21 heavy (non-hydrogen) atoms. The molecule has 0 saturated heterocycles. The molecule has 1 fully saturated rings. The van der Waals surface area contributed by atoms with Crippen LogP contribution < -0.4 is 4.74 Å². The molecule has 0 aromatic heterocycles. The zero-order chi connectivity index (χ0) is 15.1. The molecule has 118 valence electrons. The summed E-state index contributed by atoms with van der Waals surface area (Å²) in [5.74, 6) is 2.58. The van der Waals surface area contributed by atoms with Crippen molar-refractivity contribution < 1.29 is 4.74 Å². The van der Waals surface area contributed by atoms with Crippen LogP contribution in [-0.4, -0.2) is 12.5 Å². The largest absolute Gasteiger partial charge is 0.497 e. The van der Waals surface area contributed by atoms with E-state index in [1.165, 1.54) is 50.5 Å². The van der Waals surface area contributed by atoms with Gasteiger partial charge in [0.05, 0.1) is 7.11 Å². The number of halogens is 1. The second-order valence-corrected chi connectivity index (χ2v) is 7.06.